The van der Waals surface area contributed by atoms with Crippen LogP contribution < -0.4 is 5.32 Å². The van der Waals surface area contributed by atoms with Crippen LogP contribution in [0.1, 0.15) is 39.4 Å². The first-order valence-electron chi connectivity index (χ1n) is 10.4. The zero-order valence-corrected chi connectivity index (χ0v) is 19.9. The normalized spacial score (nSPS) is 15.4. The largest absolute Gasteiger partial charge is 0.351 e. The maximum absolute atomic E-state index is 12.5. The van der Waals surface area contributed by atoms with E-state index in [4.69, 9.17) is 23.2 Å². The lowest BCUT2D eigenvalue weighted by atomic mass is 9.90. The van der Waals surface area contributed by atoms with Crippen LogP contribution in [-0.2, 0) is 16.3 Å². The maximum atomic E-state index is 12.5. The minimum atomic E-state index is -3.12. The topological polar surface area (TPSA) is 63.2 Å². The molecule has 1 aliphatic rings. The second-order valence-corrected chi connectivity index (χ2v) is 11.2. The molecule has 0 aromatic heterocycles. The molecule has 0 heterocycles. The molecular weight excluding hydrogens is 465 g/mol. The highest BCUT2D eigenvalue weighted by molar-refractivity contribution is 7.90. The standard InChI is InChI=1S/C25H23Cl2NO3S/c1-32(30,31)12-11-28-25(29)19-4-2-3-17(13-19)18-6-5-16-7-9-21(23(16)14-18)22-10-8-20(26)15-24(22)27/h2-6,8,10,13-15,21H,7,9,11-12H2,1H3,(H,28,29). The molecular formula is C25H23Cl2NO3S. The monoisotopic (exact) mass is 487 g/mol. The van der Waals surface area contributed by atoms with E-state index in [1.807, 2.05) is 30.3 Å². The third kappa shape index (κ3) is 5.17. The third-order valence-electron chi connectivity index (χ3n) is 5.78. The molecule has 0 aliphatic heterocycles. The van der Waals surface area contributed by atoms with Crippen molar-refractivity contribution in [1.29, 1.82) is 0 Å². The van der Waals surface area contributed by atoms with Crippen LogP contribution >= 0.6 is 23.2 Å². The molecule has 1 N–H and O–H groups in total. The van der Waals surface area contributed by atoms with Crippen molar-refractivity contribution >= 4 is 38.9 Å². The van der Waals surface area contributed by atoms with E-state index in [2.05, 4.69) is 23.5 Å². The van der Waals surface area contributed by atoms with Gasteiger partial charge in [0.1, 0.15) is 9.84 Å². The van der Waals surface area contributed by atoms with Crippen LogP contribution in [0.5, 0.6) is 0 Å². The number of amides is 1. The van der Waals surface area contributed by atoms with Gasteiger partial charge in [-0.2, -0.15) is 0 Å². The summed E-state index contributed by atoms with van der Waals surface area (Å²) < 4.78 is 22.6. The molecule has 0 spiro atoms. The van der Waals surface area contributed by atoms with Crippen molar-refractivity contribution in [3.05, 3.63) is 93.0 Å². The number of halogens is 2. The number of rotatable bonds is 6. The zero-order chi connectivity index (χ0) is 22.9. The summed E-state index contributed by atoms with van der Waals surface area (Å²) in [4.78, 5) is 12.5. The number of fused-ring (bicyclic) bond motifs is 1. The number of aryl methyl sites for hydroxylation is 1. The summed E-state index contributed by atoms with van der Waals surface area (Å²) in [5, 5.41) is 3.97. The number of hydrogen-bond acceptors (Lipinski definition) is 3. The fourth-order valence-electron chi connectivity index (χ4n) is 4.18. The van der Waals surface area contributed by atoms with Crippen LogP contribution in [0, 0.1) is 0 Å². The van der Waals surface area contributed by atoms with E-state index in [0.717, 1.165) is 35.8 Å². The Morgan fingerprint density at radius 1 is 1.00 bits per heavy atom. The molecule has 32 heavy (non-hydrogen) atoms. The van der Waals surface area contributed by atoms with Crippen LogP contribution in [0.3, 0.4) is 0 Å². The Labute approximate surface area is 198 Å². The summed E-state index contributed by atoms with van der Waals surface area (Å²) in [6, 6.07) is 19.4. The van der Waals surface area contributed by atoms with Gasteiger partial charge in [-0.15, -0.1) is 0 Å². The Hall–Kier alpha value is -2.34. The van der Waals surface area contributed by atoms with Crippen LogP contribution in [0.4, 0.5) is 0 Å². The first-order valence-corrected chi connectivity index (χ1v) is 13.2. The quantitative estimate of drug-likeness (QED) is 0.498. The molecule has 0 fully saturated rings. The van der Waals surface area contributed by atoms with Crippen LogP contribution in [0.25, 0.3) is 11.1 Å². The van der Waals surface area contributed by atoms with Crippen LogP contribution in [-0.4, -0.2) is 32.9 Å². The van der Waals surface area contributed by atoms with E-state index < -0.39 is 9.84 Å². The summed E-state index contributed by atoms with van der Waals surface area (Å²) in [5.74, 6) is -0.169. The Bertz CT molecular complexity index is 1290. The van der Waals surface area contributed by atoms with Gasteiger partial charge in [-0.3, -0.25) is 4.79 Å². The summed E-state index contributed by atoms with van der Waals surface area (Å²) in [5.41, 5.74) is 6.07. The van der Waals surface area contributed by atoms with E-state index in [1.54, 1.807) is 12.1 Å². The molecule has 4 rings (SSSR count). The SMILES string of the molecule is CS(=O)(=O)CCNC(=O)c1cccc(-c2ccc3c(c2)C(c2ccc(Cl)cc2Cl)CC3)c1. The molecule has 3 aromatic carbocycles. The molecule has 1 atom stereocenters. The number of carbonyl (C=O) groups is 1. The summed E-state index contributed by atoms with van der Waals surface area (Å²) in [6.07, 6.45) is 3.13. The molecule has 0 radical (unpaired) electrons. The highest BCUT2D eigenvalue weighted by atomic mass is 35.5. The van der Waals surface area contributed by atoms with Gasteiger partial charge in [0.15, 0.2) is 0 Å². The molecule has 1 unspecified atom stereocenters. The van der Waals surface area contributed by atoms with Crippen molar-refractivity contribution < 1.29 is 13.2 Å². The average Bonchev–Trinajstić information content (AvgIpc) is 3.16. The Morgan fingerprint density at radius 3 is 2.53 bits per heavy atom. The summed E-state index contributed by atoms with van der Waals surface area (Å²) in [6.45, 7) is 0.0876. The van der Waals surface area contributed by atoms with Gasteiger partial charge in [0.05, 0.1) is 5.75 Å². The minimum absolute atomic E-state index is 0.0854. The van der Waals surface area contributed by atoms with Crippen molar-refractivity contribution in [2.24, 2.45) is 0 Å². The van der Waals surface area contributed by atoms with Crippen molar-refractivity contribution in [1.82, 2.24) is 5.32 Å². The van der Waals surface area contributed by atoms with Gasteiger partial charge in [-0.1, -0.05) is 59.6 Å². The fraction of sp³-hybridized carbons (Fsp3) is 0.240. The van der Waals surface area contributed by atoms with E-state index in [-0.39, 0.29) is 24.1 Å². The van der Waals surface area contributed by atoms with Gasteiger partial charge in [-0.05, 0) is 64.9 Å². The van der Waals surface area contributed by atoms with E-state index >= 15 is 0 Å². The van der Waals surface area contributed by atoms with Gasteiger partial charge in [0.25, 0.3) is 5.91 Å². The molecule has 1 aliphatic carbocycles. The van der Waals surface area contributed by atoms with Crippen molar-refractivity contribution in [3.8, 4) is 11.1 Å². The van der Waals surface area contributed by atoms with Crippen molar-refractivity contribution in [2.75, 3.05) is 18.6 Å². The Kier molecular flexibility index (Phi) is 6.61. The number of carbonyl (C=O) groups excluding carboxylic acids is 1. The fourth-order valence-corrected chi connectivity index (χ4v) is 5.19. The lowest BCUT2D eigenvalue weighted by Crippen LogP contribution is -2.28. The van der Waals surface area contributed by atoms with E-state index in [1.165, 1.54) is 11.1 Å². The first kappa shape index (κ1) is 22.8. The molecule has 0 bridgehead atoms. The molecule has 0 saturated carbocycles. The Morgan fingerprint density at radius 2 is 1.78 bits per heavy atom. The van der Waals surface area contributed by atoms with E-state index in [9.17, 15) is 13.2 Å². The van der Waals surface area contributed by atoms with Gasteiger partial charge in [0, 0.05) is 34.3 Å². The molecule has 4 nitrogen and oxygen atoms in total. The number of nitrogens with one attached hydrogen (secondary N) is 1. The van der Waals surface area contributed by atoms with Crippen LogP contribution in [0.15, 0.2) is 60.7 Å². The van der Waals surface area contributed by atoms with Crippen molar-refractivity contribution in [3.63, 3.8) is 0 Å². The summed E-state index contributed by atoms with van der Waals surface area (Å²) in [7, 11) is -3.12. The highest BCUT2D eigenvalue weighted by Crippen LogP contribution is 2.42. The minimum Gasteiger partial charge on any atom is -0.351 e. The number of benzene rings is 3. The average molecular weight is 488 g/mol. The van der Waals surface area contributed by atoms with Gasteiger partial charge in [0.2, 0.25) is 0 Å². The second kappa shape index (κ2) is 9.26. The van der Waals surface area contributed by atoms with Gasteiger partial charge in [-0.25, -0.2) is 8.42 Å². The molecule has 166 valence electrons. The first-order chi connectivity index (χ1) is 15.2. The summed E-state index contributed by atoms with van der Waals surface area (Å²) >= 11 is 12.6. The van der Waals surface area contributed by atoms with Gasteiger partial charge < -0.3 is 5.32 Å². The predicted molar refractivity (Wildman–Crippen MR) is 131 cm³/mol. The van der Waals surface area contributed by atoms with E-state index in [0.29, 0.717) is 15.6 Å². The van der Waals surface area contributed by atoms with Crippen molar-refractivity contribution in [2.45, 2.75) is 18.8 Å². The Balaban J connectivity index is 1.59. The lowest BCUT2D eigenvalue weighted by Gasteiger charge is -2.16. The smallest absolute Gasteiger partial charge is 0.251 e. The van der Waals surface area contributed by atoms with Gasteiger partial charge >= 0.3 is 0 Å². The lowest BCUT2D eigenvalue weighted by molar-refractivity contribution is 0.0956. The molecule has 0 saturated heterocycles. The third-order valence-corrected chi connectivity index (χ3v) is 7.29. The highest BCUT2D eigenvalue weighted by Gasteiger charge is 2.26. The van der Waals surface area contributed by atoms with Crippen LogP contribution in [0.2, 0.25) is 10.0 Å². The predicted octanol–water partition coefficient (Wildman–Crippen LogP) is 5.51. The molecule has 7 heteroatoms. The number of sulfone groups is 1. The number of hydrogen-bond donors (Lipinski definition) is 1. The molecule has 1 amide bonds. The zero-order valence-electron chi connectivity index (χ0n) is 17.6. The maximum Gasteiger partial charge on any atom is 0.251 e. The molecule has 3 aromatic rings. The second-order valence-electron chi connectivity index (χ2n) is 8.14.